The molecule has 0 nitrogen and oxygen atoms in total. The molecule has 72 valence electrons. The van der Waals surface area contributed by atoms with Crippen LogP contribution in [0.15, 0.2) is 35.5 Å². The molecule has 0 aromatic heterocycles. The van der Waals surface area contributed by atoms with Crippen LogP contribution in [-0.4, -0.2) is 0 Å². The Morgan fingerprint density at radius 2 is 2.15 bits per heavy atom. The summed E-state index contributed by atoms with van der Waals surface area (Å²) < 4.78 is 0. The number of rotatable bonds is 4. The summed E-state index contributed by atoms with van der Waals surface area (Å²) in [7, 11) is 0. The second-order valence-corrected chi connectivity index (χ2v) is 3.80. The summed E-state index contributed by atoms with van der Waals surface area (Å²) in [5.41, 5.74) is 2.99. The number of hydrogen-bond donors (Lipinski definition) is 0. The first kappa shape index (κ1) is 10.3. The molecule has 1 aliphatic rings. The van der Waals surface area contributed by atoms with E-state index in [9.17, 15) is 0 Å². The van der Waals surface area contributed by atoms with E-state index in [1.807, 2.05) is 0 Å². The molecule has 1 aliphatic carbocycles. The maximum atomic E-state index is 2.31. The fourth-order valence-electron chi connectivity index (χ4n) is 1.45. The predicted octanol–water partition coefficient (Wildman–Crippen LogP) is 4.40. The highest BCUT2D eigenvalue weighted by atomic mass is 14.0. The molecule has 1 rings (SSSR count). The van der Waals surface area contributed by atoms with Crippen molar-refractivity contribution in [3.63, 3.8) is 0 Å². The van der Waals surface area contributed by atoms with Gasteiger partial charge in [-0.25, -0.2) is 0 Å². The van der Waals surface area contributed by atoms with Crippen molar-refractivity contribution in [2.24, 2.45) is 0 Å². The Labute approximate surface area is 82.0 Å². The first-order chi connectivity index (χ1) is 6.33. The lowest BCUT2D eigenvalue weighted by Gasteiger charge is -2.07. The summed E-state index contributed by atoms with van der Waals surface area (Å²) in [5, 5.41) is 0. The highest BCUT2D eigenvalue weighted by Crippen LogP contribution is 2.18. The molecule has 0 atom stereocenters. The third kappa shape index (κ3) is 4.12. The Hall–Kier alpha value is -0.780. The molecular formula is C13H20. The first-order valence-electron chi connectivity index (χ1n) is 5.36. The molecule has 0 aromatic rings. The van der Waals surface area contributed by atoms with Crippen molar-refractivity contribution < 1.29 is 0 Å². The average Bonchev–Trinajstić information content (AvgIpc) is 2.15. The molecule has 13 heavy (non-hydrogen) atoms. The van der Waals surface area contributed by atoms with Crippen molar-refractivity contribution >= 4 is 0 Å². The molecular weight excluding hydrogens is 156 g/mol. The zero-order chi connectivity index (χ0) is 9.52. The molecule has 0 unspecified atom stereocenters. The van der Waals surface area contributed by atoms with Crippen molar-refractivity contribution in [2.75, 3.05) is 0 Å². The topological polar surface area (TPSA) is 0 Å². The third-order valence-corrected chi connectivity index (χ3v) is 2.45. The molecule has 0 saturated heterocycles. The molecule has 0 aromatic carbocycles. The normalized spacial score (nSPS) is 17.4. The van der Waals surface area contributed by atoms with E-state index in [0.29, 0.717) is 0 Å². The van der Waals surface area contributed by atoms with Crippen LogP contribution in [0.25, 0.3) is 0 Å². The van der Waals surface area contributed by atoms with Gasteiger partial charge in [-0.3, -0.25) is 0 Å². The second-order valence-electron chi connectivity index (χ2n) is 3.80. The highest BCUT2D eigenvalue weighted by Gasteiger charge is 1.98. The van der Waals surface area contributed by atoms with E-state index in [-0.39, 0.29) is 0 Å². The molecule has 0 heteroatoms. The average molecular weight is 176 g/mol. The van der Waals surface area contributed by atoms with Gasteiger partial charge in [-0.15, -0.1) is 0 Å². The van der Waals surface area contributed by atoms with Gasteiger partial charge in [0.05, 0.1) is 0 Å². The zero-order valence-corrected chi connectivity index (χ0v) is 8.84. The van der Waals surface area contributed by atoms with Gasteiger partial charge in [0.1, 0.15) is 0 Å². The lowest BCUT2D eigenvalue weighted by atomic mass is 9.99. The van der Waals surface area contributed by atoms with Gasteiger partial charge in [0.2, 0.25) is 0 Å². The van der Waals surface area contributed by atoms with Crippen LogP contribution in [0.1, 0.15) is 46.0 Å². The number of hydrogen-bond acceptors (Lipinski definition) is 0. The second kappa shape index (κ2) is 5.80. The van der Waals surface area contributed by atoms with Crippen molar-refractivity contribution in [1.82, 2.24) is 0 Å². The molecule has 0 aliphatic heterocycles. The van der Waals surface area contributed by atoms with Crippen LogP contribution in [0, 0.1) is 0 Å². The van der Waals surface area contributed by atoms with Gasteiger partial charge in [0.25, 0.3) is 0 Å². The van der Waals surface area contributed by atoms with Crippen molar-refractivity contribution in [2.45, 2.75) is 46.0 Å². The number of allylic oxidation sites excluding steroid dienone is 6. The molecule has 0 bridgehead atoms. The van der Waals surface area contributed by atoms with Gasteiger partial charge < -0.3 is 0 Å². The van der Waals surface area contributed by atoms with Crippen LogP contribution in [0.4, 0.5) is 0 Å². The molecule has 0 spiro atoms. The van der Waals surface area contributed by atoms with Gasteiger partial charge in [-0.2, -0.15) is 0 Å². The highest BCUT2D eigenvalue weighted by molar-refractivity contribution is 5.30. The maximum absolute atomic E-state index is 2.31. The van der Waals surface area contributed by atoms with Gasteiger partial charge in [-0.1, -0.05) is 49.6 Å². The van der Waals surface area contributed by atoms with Crippen LogP contribution in [0.2, 0.25) is 0 Å². The number of unbranched alkanes of at least 4 members (excludes halogenated alkanes) is 2. The minimum absolute atomic E-state index is 1.23. The van der Waals surface area contributed by atoms with Gasteiger partial charge in [0.15, 0.2) is 0 Å². The van der Waals surface area contributed by atoms with E-state index in [0.717, 1.165) is 0 Å². The fourth-order valence-corrected chi connectivity index (χ4v) is 1.45. The van der Waals surface area contributed by atoms with Gasteiger partial charge in [0, 0.05) is 0 Å². The Morgan fingerprint density at radius 3 is 2.77 bits per heavy atom. The van der Waals surface area contributed by atoms with Crippen molar-refractivity contribution in [3.8, 4) is 0 Å². The van der Waals surface area contributed by atoms with E-state index < -0.39 is 0 Å². The van der Waals surface area contributed by atoms with Gasteiger partial charge >= 0.3 is 0 Å². The molecule has 0 radical (unpaired) electrons. The molecule has 0 saturated carbocycles. The van der Waals surface area contributed by atoms with Crippen LogP contribution < -0.4 is 0 Å². The fraction of sp³-hybridized carbons (Fsp3) is 0.538. The molecule has 0 heterocycles. The largest absolute Gasteiger partial charge is 0.0843 e. The quantitative estimate of drug-likeness (QED) is 0.557. The van der Waals surface area contributed by atoms with Crippen LogP contribution in [0.3, 0.4) is 0 Å². The Kier molecular flexibility index (Phi) is 4.59. The van der Waals surface area contributed by atoms with E-state index in [1.165, 1.54) is 43.3 Å². The van der Waals surface area contributed by atoms with E-state index >= 15 is 0 Å². The standard InChI is InChI=1S/C13H20/c1-3-4-5-6-7-13-10-8-12(2)9-11-13/h6-8,10H,3-5,9,11H2,1-2H3. The van der Waals surface area contributed by atoms with Gasteiger partial charge in [-0.05, 0) is 31.8 Å². The summed E-state index contributed by atoms with van der Waals surface area (Å²) in [6.07, 6.45) is 15.4. The summed E-state index contributed by atoms with van der Waals surface area (Å²) >= 11 is 0. The molecule has 0 N–H and O–H groups in total. The zero-order valence-electron chi connectivity index (χ0n) is 8.84. The maximum Gasteiger partial charge on any atom is -0.0242 e. The van der Waals surface area contributed by atoms with E-state index in [2.05, 4.69) is 38.2 Å². The summed E-state index contributed by atoms with van der Waals surface area (Å²) in [4.78, 5) is 0. The Balaban J connectivity index is 2.33. The van der Waals surface area contributed by atoms with Crippen LogP contribution in [-0.2, 0) is 0 Å². The summed E-state index contributed by atoms with van der Waals surface area (Å²) in [5.74, 6) is 0. The Morgan fingerprint density at radius 1 is 1.31 bits per heavy atom. The molecule has 0 amide bonds. The predicted molar refractivity (Wildman–Crippen MR) is 59.7 cm³/mol. The van der Waals surface area contributed by atoms with Crippen LogP contribution >= 0.6 is 0 Å². The van der Waals surface area contributed by atoms with E-state index in [4.69, 9.17) is 0 Å². The smallest absolute Gasteiger partial charge is 0.0242 e. The monoisotopic (exact) mass is 176 g/mol. The van der Waals surface area contributed by atoms with Crippen molar-refractivity contribution in [3.05, 3.63) is 35.5 Å². The SMILES string of the molecule is CCCCC=CC1=CC=C(C)CC1. The minimum Gasteiger partial charge on any atom is -0.0843 e. The van der Waals surface area contributed by atoms with Crippen molar-refractivity contribution in [1.29, 1.82) is 0 Å². The van der Waals surface area contributed by atoms with Crippen LogP contribution in [0.5, 0.6) is 0 Å². The van der Waals surface area contributed by atoms with E-state index in [1.54, 1.807) is 0 Å². The Bertz CT molecular complexity index is 228. The lowest BCUT2D eigenvalue weighted by Crippen LogP contribution is -1.87. The summed E-state index contributed by atoms with van der Waals surface area (Å²) in [6, 6.07) is 0. The molecule has 0 fully saturated rings. The first-order valence-corrected chi connectivity index (χ1v) is 5.36. The summed E-state index contributed by atoms with van der Waals surface area (Å²) in [6.45, 7) is 4.44. The minimum atomic E-state index is 1.23. The third-order valence-electron chi connectivity index (χ3n) is 2.45. The lowest BCUT2D eigenvalue weighted by molar-refractivity contribution is 0.813.